The van der Waals surface area contributed by atoms with Gasteiger partial charge in [-0.3, -0.25) is 0 Å². The van der Waals surface area contributed by atoms with Crippen molar-refractivity contribution in [3.63, 3.8) is 0 Å². The molecule has 1 atom stereocenters. The summed E-state index contributed by atoms with van der Waals surface area (Å²) in [6.07, 6.45) is 1.44. The minimum absolute atomic E-state index is 0.181. The van der Waals surface area contributed by atoms with Crippen LogP contribution in [0.2, 0.25) is 0 Å². The zero-order chi connectivity index (χ0) is 10.4. The molecule has 0 aliphatic carbocycles. The zero-order valence-electron chi connectivity index (χ0n) is 8.29. The second-order valence-corrected chi connectivity index (χ2v) is 4.30. The quantitative estimate of drug-likeness (QED) is 0.625. The molecule has 0 bridgehead atoms. The third-order valence-electron chi connectivity index (χ3n) is 2.05. The van der Waals surface area contributed by atoms with Gasteiger partial charge in [0.2, 0.25) is 0 Å². The third kappa shape index (κ3) is 4.43. The fourth-order valence-corrected chi connectivity index (χ4v) is 1.59. The predicted octanol–water partition coefficient (Wildman–Crippen LogP) is 2.13. The Bertz CT molecular complexity index is 262. The summed E-state index contributed by atoms with van der Waals surface area (Å²) in [5.74, 6) is 0.945. The van der Waals surface area contributed by atoms with Gasteiger partial charge in [0.25, 0.3) is 0 Å². The van der Waals surface area contributed by atoms with E-state index in [9.17, 15) is 5.11 Å². The highest BCUT2D eigenvalue weighted by molar-refractivity contribution is 14.1. The first-order chi connectivity index (χ1) is 6.72. The van der Waals surface area contributed by atoms with Crippen molar-refractivity contribution in [2.24, 2.45) is 0 Å². The van der Waals surface area contributed by atoms with Gasteiger partial charge in [-0.15, -0.1) is 0 Å². The molecule has 0 aromatic carbocycles. The smallest absolute Gasteiger partial charge is 0.164 e. The molecule has 1 aromatic heterocycles. The molecule has 3 nitrogen and oxygen atoms in total. The Balaban J connectivity index is 2.10. The van der Waals surface area contributed by atoms with E-state index in [0.717, 1.165) is 35.5 Å². The van der Waals surface area contributed by atoms with Crippen LogP contribution >= 0.6 is 22.6 Å². The van der Waals surface area contributed by atoms with Crippen LogP contribution < -0.4 is 5.32 Å². The molecule has 1 heterocycles. The van der Waals surface area contributed by atoms with E-state index in [1.54, 1.807) is 0 Å². The predicted molar refractivity (Wildman–Crippen MR) is 64.0 cm³/mol. The van der Waals surface area contributed by atoms with E-state index < -0.39 is 0 Å². The van der Waals surface area contributed by atoms with Crippen LogP contribution in [0, 0.1) is 3.77 Å². The number of rotatable bonds is 6. The van der Waals surface area contributed by atoms with E-state index in [1.165, 1.54) is 0 Å². The highest BCUT2D eigenvalue weighted by atomic mass is 127. The molecule has 0 saturated heterocycles. The SMILES string of the molecule is CCC(O)CCNCc1ccc(I)o1. The molecule has 4 heteroatoms. The monoisotopic (exact) mass is 309 g/mol. The summed E-state index contributed by atoms with van der Waals surface area (Å²) in [5.41, 5.74) is 0. The minimum atomic E-state index is -0.181. The number of hydrogen-bond donors (Lipinski definition) is 2. The fourth-order valence-electron chi connectivity index (χ4n) is 1.13. The van der Waals surface area contributed by atoms with Gasteiger partial charge in [-0.05, 0) is 54.1 Å². The number of aliphatic hydroxyl groups is 1. The van der Waals surface area contributed by atoms with Crippen molar-refractivity contribution in [2.75, 3.05) is 6.54 Å². The highest BCUT2D eigenvalue weighted by Crippen LogP contribution is 2.09. The van der Waals surface area contributed by atoms with E-state index in [0.29, 0.717) is 0 Å². The summed E-state index contributed by atoms with van der Waals surface area (Å²) in [6.45, 7) is 3.55. The molecular weight excluding hydrogens is 293 g/mol. The lowest BCUT2D eigenvalue weighted by atomic mass is 10.2. The summed E-state index contributed by atoms with van der Waals surface area (Å²) in [6, 6.07) is 3.91. The van der Waals surface area contributed by atoms with Crippen LogP contribution in [0.5, 0.6) is 0 Å². The van der Waals surface area contributed by atoms with Crippen molar-refractivity contribution >= 4 is 22.6 Å². The Morgan fingerprint density at radius 3 is 2.93 bits per heavy atom. The Morgan fingerprint density at radius 1 is 1.57 bits per heavy atom. The first kappa shape index (κ1) is 12.0. The van der Waals surface area contributed by atoms with Crippen molar-refractivity contribution in [3.05, 3.63) is 21.7 Å². The Kier molecular flexibility index (Phi) is 5.50. The average molecular weight is 309 g/mol. The van der Waals surface area contributed by atoms with Crippen LogP contribution in [0.25, 0.3) is 0 Å². The molecular formula is C10H16INO2. The van der Waals surface area contributed by atoms with Gasteiger partial charge < -0.3 is 14.8 Å². The van der Waals surface area contributed by atoms with E-state index in [1.807, 2.05) is 19.1 Å². The van der Waals surface area contributed by atoms with Gasteiger partial charge in [0.05, 0.1) is 12.6 Å². The van der Waals surface area contributed by atoms with Crippen LogP contribution in [-0.4, -0.2) is 17.8 Å². The summed E-state index contributed by atoms with van der Waals surface area (Å²) in [7, 11) is 0. The summed E-state index contributed by atoms with van der Waals surface area (Å²) < 4.78 is 6.29. The lowest BCUT2D eigenvalue weighted by Gasteiger charge is -2.07. The van der Waals surface area contributed by atoms with E-state index in [4.69, 9.17) is 4.42 Å². The maximum Gasteiger partial charge on any atom is 0.164 e. The highest BCUT2D eigenvalue weighted by Gasteiger charge is 2.01. The number of hydrogen-bond acceptors (Lipinski definition) is 3. The molecule has 1 unspecified atom stereocenters. The number of halogens is 1. The van der Waals surface area contributed by atoms with Gasteiger partial charge in [-0.1, -0.05) is 6.92 Å². The Morgan fingerprint density at radius 2 is 2.36 bits per heavy atom. The Labute approximate surface area is 98.0 Å². The van der Waals surface area contributed by atoms with Gasteiger partial charge in [-0.2, -0.15) is 0 Å². The van der Waals surface area contributed by atoms with Crippen LogP contribution in [0.1, 0.15) is 25.5 Å². The maximum absolute atomic E-state index is 9.29. The summed E-state index contributed by atoms with van der Waals surface area (Å²) in [4.78, 5) is 0. The van der Waals surface area contributed by atoms with Crippen molar-refractivity contribution in [1.82, 2.24) is 5.32 Å². The molecule has 0 saturated carbocycles. The average Bonchev–Trinajstić information content (AvgIpc) is 2.58. The van der Waals surface area contributed by atoms with Crippen molar-refractivity contribution in [1.29, 1.82) is 0 Å². The number of nitrogens with one attached hydrogen (secondary N) is 1. The molecule has 0 radical (unpaired) electrons. The second kappa shape index (κ2) is 6.42. The molecule has 2 N–H and O–H groups in total. The van der Waals surface area contributed by atoms with Crippen LogP contribution in [0.4, 0.5) is 0 Å². The minimum Gasteiger partial charge on any atom is -0.454 e. The Hall–Kier alpha value is -0.0700. The van der Waals surface area contributed by atoms with Crippen LogP contribution in [0.3, 0.4) is 0 Å². The van der Waals surface area contributed by atoms with E-state index in [-0.39, 0.29) is 6.10 Å². The van der Waals surface area contributed by atoms with Crippen LogP contribution in [0.15, 0.2) is 16.5 Å². The van der Waals surface area contributed by atoms with Crippen LogP contribution in [-0.2, 0) is 6.54 Å². The van der Waals surface area contributed by atoms with Gasteiger partial charge in [0.15, 0.2) is 3.77 Å². The van der Waals surface area contributed by atoms with E-state index in [2.05, 4.69) is 27.9 Å². The van der Waals surface area contributed by atoms with Gasteiger partial charge in [0, 0.05) is 0 Å². The molecule has 1 aromatic rings. The molecule has 0 spiro atoms. The van der Waals surface area contributed by atoms with Crippen molar-refractivity contribution < 1.29 is 9.52 Å². The fraction of sp³-hybridized carbons (Fsp3) is 0.600. The normalized spacial score (nSPS) is 13.1. The number of aliphatic hydroxyl groups excluding tert-OH is 1. The summed E-state index contributed by atoms with van der Waals surface area (Å²) in [5, 5.41) is 12.5. The molecule has 80 valence electrons. The molecule has 0 fully saturated rings. The molecule has 0 aliphatic rings. The first-order valence-corrected chi connectivity index (χ1v) is 5.93. The molecule has 1 rings (SSSR count). The molecule has 0 amide bonds. The third-order valence-corrected chi connectivity index (χ3v) is 2.63. The zero-order valence-corrected chi connectivity index (χ0v) is 10.5. The lowest BCUT2D eigenvalue weighted by Crippen LogP contribution is -2.19. The van der Waals surface area contributed by atoms with Gasteiger partial charge >= 0.3 is 0 Å². The second-order valence-electron chi connectivity index (χ2n) is 3.23. The summed E-state index contributed by atoms with van der Waals surface area (Å²) >= 11 is 2.14. The first-order valence-electron chi connectivity index (χ1n) is 4.85. The van der Waals surface area contributed by atoms with Crippen molar-refractivity contribution in [3.8, 4) is 0 Å². The van der Waals surface area contributed by atoms with E-state index >= 15 is 0 Å². The molecule has 14 heavy (non-hydrogen) atoms. The topological polar surface area (TPSA) is 45.4 Å². The lowest BCUT2D eigenvalue weighted by molar-refractivity contribution is 0.159. The van der Waals surface area contributed by atoms with Crippen molar-refractivity contribution in [2.45, 2.75) is 32.4 Å². The largest absolute Gasteiger partial charge is 0.454 e. The van der Waals surface area contributed by atoms with Gasteiger partial charge in [0.1, 0.15) is 5.76 Å². The maximum atomic E-state index is 9.29. The standard InChI is InChI=1S/C10H16INO2/c1-2-8(13)5-6-12-7-9-3-4-10(11)14-9/h3-4,8,12-13H,2,5-7H2,1H3. The molecule has 0 aliphatic heterocycles. The van der Waals surface area contributed by atoms with Gasteiger partial charge in [-0.25, -0.2) is 0 Å². The number of furan rings is 1.